The van der Waals surface area contributed by atoms with E-state index in [1.54, 1.807) is 6.07 Å². The van der Waals surface area contributed by atoms with Gasteiger partial charge in [0.15, 0.2) is 9.84 Å². The average molecular weight is 263 g/mol. The van der Waals surface area contributed by atoms with E-state index in [1.165, 1.54) is 12.8 Å². The number of hydrogen-bond acceptors (Lipinski definition) is 3. The molecule has 1 saturated heterocycles. The minimum absolute atomic E-state index is 0.224. The summed E-state index contributed by atoms with van der Waals surface area (Å²) in [5.41, 5.74) is 2.00. The fourth-order valence-electron chi connectivity index (χ4n) is 2.78. The van der Waals surface area contributed by atoms with Crippen LogP contribution in [0.4, 0.5) is 0 Å². The maximum Gasteiger partial charge on any atom is 0.179 e. The van der Waals surface area contributed by atoms with Crippen molar-refractivity contribution in [1.82, 2.24) is 4.90 Å². The highest BCUT2D eigenvalue weighted by Gasteiger charge is 2.26. The van der Waals surface area contributed by atoms with Crippen LogP contribution in [0.2, 0.25) is 0 Å². The molecule has 0 aliphatic carbocycles. The fourth-order valence-corrected chi connectivity index (χ4v) is 4.22. The lowest BCUT2D eigenvalue weighted by Gasteiger charge is -2.22. The van der Waals surface area contributed by atoms with Crippen molar-refractivity contribution in [3.8, 4) is 0 Å². The van der Waals surface area contributed by atoms with Gasteiger partial charge in [0.2, 0.25) is 0 Å². The predicted octanol–water partition coefficient (Wildman–Crippen LogP) is 2.30. The third kappa shape index (κ3) is 1.94. The number of fused-ring (bicyclic) bond motifs is 1. The molecule has 0 spiro atoms. The van der Waals surface area contributed by atoms with Gasteiger partial charge in [0, 0.05) is 24.4 Å². The number of hydrogen-bond donors (Lipinski definition) is 0. The Kier molecular flexibility index (Phi) is 2.90. The maximum atomic E-state index is 12.2. The number of sulfone groups is 1. The van der Waals surface area contributed by atoms with E-state index < -0.39 is 9.84 Å². The molecule has 0 bridgehead atoms. The van der Waals surface area contributed by atoms with Crippen LogP contribution in [0, 0.1) is 0 Å². The van der Waals surface area contributed by atoms with E-state index >= 15 is 0 Å². The van der Waals surface area contributed by atoms with E-state index in [2.05, 4.69) is 11.0 Å². The highest BCUT2D eigenvalue weighted by molar-refractivity contribution is 7.91. The summed E-state index contributed by atoms with van der Waals surface area (Å²) in [6.45, 7) is 2.08. The van der Waals surface area contributed by atoms with Crippen LogP contribution < -0.4 is 0 Å². The maximum absolute atomic E-state index is 12.2. The van der Waals surface area contributed by atoms with Crippen molar-refractivity contribution in [2.45, 2.75) is 24.2 Å². The smallest absolute Gasteiger partial charge is 0.179 e. The summed E-state index contributed by atoms with van der Waals surface area (Å²) in [7, 11) is -3.12. The number of rotatable bonds is 1. The lowest BCUT2D eigenvalue weighted by molar-refractivity contribution is 0.491. The van der Waals surface area contributed by atoms with E-state index in [0.29, 0.717) is 11.3 Å². The molecule has 0 amide bonds. The van der Waals surface area contributed by atoms with Crippen molar-refractivity contribution in [2.75, 3.05) is 18.8 Å². The summed E-state index contributed by atoms with van der Waals surface area (Å²) in [6.07, 6.45) is 5.11. The molecule has 0 N–H and O–H groups in total. The van der Waals surface area contributed by atoms with Gasteiger partial charge in [0.05, 0.1) is 10.6 Å². The van der Waals surface area contributed by atoms with Crippen molar-refractivity contribution in [3.63, 3.8) is 0 Å². The summed E-state index contributed by atoms with van der Waals surface area (Å²) in [5, 5.41) is 0. The topological polar surface area (TPSA) is 37.4 Å². The lowest BCUT2D eigenvalue weighted by Crippen LogP contribution is -2.18. The standard InChI is InChI=1S/C14H17NO2S/c16-18(17)11-5-7-13(15-9-3-4-10-15)12-6-1-2-8-14(12)18/h1-2,6-8H,3-5,9-11H2. The molecule has 18 heavy (non-hydrogen) atoms. The van der Waals surface area contributed by atoms with E-state index in [1.807, 2.05) is 18.2 Å². The molecule has 2 aliphatic rings. The number of benzene rings is 1. The molecule has 4 heteroatoms. The van der Waals surface area contributed by atoms with Gasteiger partial charge in [-0.2, -0.15) is 0 Å². The van der Waals surface area contributed by atoms with E-state index in [9.17, 15) is 8.42 Å². The van der Waals surface area contributed by atoms with Gasteiger partial charge in [-0.05, 0) is 25.3 Å². The normalized spacial score (nSPS) is 22.2. The first-order chi connectivity index (χ1) is 8.68. The van der Waals surface area contributed by atoms with Gasteiger partial charge in [-0.3, -0.25) is 0 Å². The first kappa shape index (κ1) is 11.8. The molecule has 96 valence electrons. The molecule has 3 rings (SSSR count). The molecule has 1 aromatic rings. The van der Waals surface area contributed by atoms with Crippen LogP contribution in [-0.2, 0) is 9.84 Å². The highest BCUT2D eigenvalue weighted by Crippen LogP contribution is 2.32. The molecule has 0 atom stereocenters. The van der Waals surface area contributed by atoms with Crippen LogP contribution in [0.25, 0.3) is 5.70 Å². The SMILES string of the molecule is O=S1(=O)CCC=C(N2CCCC2)c2ccccc21. The first-order valence-electron chi connectivity index (χ1n) is 6.46. The Morgan fingerprint density at radius 2 is 1.78 bits per heavy atom. The van der Waals surface area contributed by atoms with Crippen LogP contribution in [0.15, 0.2) is 35.2 Å². The van der Waals surface area contributed by atoms with Crippen molar-refractivity contribution >= 4 is 15.5 Å². The lowest BCUT2D eigenvalue weighted by atomic mass is 10.1. The van der Waals surface area contributed by atoms with Crippen molar-refractivity contribution in [3.05, 3.63) is 35.9 Å². The first-order valence-corrected chi connectivity index (χ1v) is 8.11. The Labute approximate surface area is 108 Å². The van der Waals surface area contributed by atoms with Gasteiger partial charge in [-0.15, -0.1) is 0 Å². The van der Waals surface area contributed by atoms with Crippen LogP contribution in [-0.4, -0.2) is 32.2 Å². The molecule has 2 heterocycles. The van der Waals surface area contributed by atoms with Gasteiger partial charge >= 0.3 is 0 Å². The largest absolute Gasteiger partial charge is 0.371 e. The minimum atomic E-state index is -3.12. The predicted molar refractivity (Wildman–Crippen MR) is 71.9 cm³/mol. The van der Waals surface area contributed by atoms with E-state index in [4.69, 9.17) is 0 Å². The zero-order valence-corrected chi connectivity index (χ0v) is 11.1. The van der Waals surface area contributed by atoms with Crippen LogP contribution in [0.3, 0.4) is 0 Å². The average Bonchev–Trinajstić information content (AvgIpc) is 2.84. The second-order valence-electron chi connectivity index (χ2n) is 4.89. The van der Waals surface area contributed by atoms with Crippen LogP contribution in [0.1, 0.15) is 24.8 Å². The van der Waals surface area contributed by atoms with Crippen LogP contribution in [0.5, 0.6) is 0 Å². The summed E-state index contributed by atoms with van der Waals surface area (Å²) in [6, 6.07) is 7.40. The van der Waals surface area contributed by atoms with E-state index in [0.717, 1.165) is 24.4 Å². The number of likely N-dealkylation sites (tertiary alicyclic amines) is 1. The Morgan fingerprint density at radius 3 is 2.56 bits per heavy atom. The summed E-state index contributed by atoms with van der Waals surface area (Å²) in [4.78, 5) is 2.82. The van der Waals surface area contributed by atoms with Crippen LogP contribution >= 0.6 is 0 Å². The Balaban J connectivity index is 2.13. The van der Waals surface area contributed by atoms with Gasteiger partial charge in [-0.1, -0.05) is 24.3 Å². The van der Waals surface area contributed by atoms with Gasteiger partial charge < -0.3 is 4.90 Å². The molecule has 0 unspecified atom stereocenters. The van der Waals surface area contributed by atoms with Gasteiger partial charge in [0.25, 0.3) is 0 Å². The number of nitrogens with zero attached hydrogens (tertiary/aromatic N) is 1. The molecule has 1 aromatic carbocycles. The second kappa shape index (κ2) is 4.43. The second-order valence-corrected chi connectivity index (χ2v) is 6.96. The molecule has 1 fully saturated rings. The van der Waals surface area contributed by atoms with Crippen molar-refractivity contribution < 1.29 is 8.42 Å². The molecule has 0 radical (unpaired) electrons. The Bertz CT molecular complexity index is 584. The molecule has 3 nitrogen and oxygen atoms in total. The molecule has 0 aromatic heterocycles. The van der Waals surface area contributed by atoms with Crippen molar-refractivity contribution in [2.24, 2.45) is 0 Å². The van der Waals surface area contributed by atoms with Crippen molar-refractivity contribution in [1.29, 1.82) is 0 Å². The van der Waals surface area contributed by atoms with Gasteiger partial charge in [-0.25, -0.2) is 8.42 Å². The van der Waals surface area contributed by atoms with E-state index in [-0.39, 0.29) is 5.75 Å². The summed E-state index contributed by atoms with van der Waals surface area (Å²) >= 11 is 0. The molecule has 2 aliphatic heterocycles. The van der Waals surface area contributed by atoms with Gasteiger partial charge in [0.1, 0.15) is 0 Å². The minimum Gasteiger partial charge on any atom is -0.371 e. The third-order valence-corrected chi connectivity index (χ3v) is 5.47. The highest BCUT2D eigenvalue weighted by atomic mass is 32.2. The zero-order valence-electron chi connectivity index (χ0n) is 10.3. The Morgan fingerprint density at radius 1 is 1.06 bits per heavy atom. The molecule has 0 saturated carbocycles. The summed E-state index contributed by atoms with van der Waals surface area (Å²) < 4.78 is 24.4. The molecular formula is C14H17NO2S. The Hall–Kier alpha value is -1.29. The summed E-state index contributed by atoms with van der Waals surface area (Å²) in [5.74, 6) is 0.224. The number of allylic oxidation sites excluding steroid dienone is 1. The molecular weight excluding hydrogens is 246 g/mol. The monoisotopic (exact) mass is 263 g/mol. The quantitative estimate of drug-likeness (QED) is 0.780. The fraction of sp³-hybridized carbons (Fsp3) is 0.429. The zero-order chi connectivity index (χ0) is 12.6. The third-order valence-electron chi connectivity index (χ3n) is 3.67.